The van der Waals surface area contributed by atoms with Gasteiger partial charge in [-0.3, -0.25) is 9.59 Å². The zero-order valence-electron chi connectivity index (χ0n) is 16.5. The predicted octanol–water partition coefficient (Wildman–Crippen LogP) is 4.66. The van der Waals surface area contributed by atoms with Gasteiger partial charge in [-0.2, -0.15) is 13.2 Å². The quantitative estimate of drug-likeness (QED) is 0.631. The number of hydrogen-bond donors (Lipinski definition) is 3. The molecule has 2 atom stereocenters. The van der Waals surface area contributed by atoms with E-state index < -0.39 is 17.6 Å². The Morgan fingerprint density at radius 3 is 2.60 bits per heavy atom. The van der Waals surface area contributed by atoms with Crippen molar-refractivity contribution in [1.82, 2.24) is 5.32 Å². The van der Waals surface area contributed by atoms with E-state index in [-0.39, 0.29) is 35.6 Å². The van der Waals surface area contributed by atoms with Crippen LogP contribution in [0.2, 0.25) is 0 Å². The molecular weight excluding hydrogens is 399 g/mol. The van der Waals surface area contributed by atoms with Crippen molar-refractivity contribution in [3.05, 3.63) is 47.9 Å². The van der Waals surface area contributed by atoms with Crippen LogP contribution in [0.4, 0.5) is 24.5 Å². The number of amides is 2. The Balaban J connectivity index is 1.66. The van der Waals surface area contributed by atoms with E-state index in [1.165, 1.54) is 30.5 Å². The van der Waals surface area contributed by atoms with Gasteiger partial charge in [0.05, 0.1) is 18.4 Å². The van der Waals surface area contributed by atoms with Gasteiger partial charge < -0.3 is 20.4 Å². The summed E-state index contributed by atoms with van der Waals surface area (Å²) in [4.78, 5) is 24.2. The van der Waals surface area contributed by atoms with Crippen molar-refractivity contribution in [2.24, 2.45) is 5.92 Å². The topological polar surface area (TPSA) is 83.4 Å². The van der Waals surface area contributed by atoms with Crippen LogP contribution in [0.15, 0.2) is 41.0 Å². The molecule has 1 fully saturated rings. The minimum absolute atomic E-state index is 0.0145. The Morgan fingerprint density at radius 1 is 1.17 bits per heavy atom. The molecule has 0 bridgehead atoms. The number of furan rings is 1. The Morgan fingerprint density at radius 2 is 1.93 bits per heavy atom. The standard InChI is InChI=1S/C21H24F3N3O3/c1-13-5-2-3-6-16(13)27-19(28)12-25-17-9-8-14(11-15(17)21(22,23)24)26-20(29)18-7-4-10-30-18/h4,7-11,13,16,25H,2-3,5-6,12H2,1H3,(H,26,29)(H,27,28). The van der Waals surface area contributed by atoms with Gasteiger partial charge in [-0.05, 0) is 49.1 Å². The number of anilines is 2. The van der Waals surface area contributed by atoms with Crippen molar-refractivity contribution in [3.8, 4) is 0 Å². The lowest BCUT2D eigenvalue weighted by atomic mass is 9.86. The Labute approximate surface area is 172 Å². The van der Waals surface area contributed by atoms with Gasteiger partial charge in [-0.25, -0.2) is 0 Å². The molecule has 0 radical (unpaired) electrons. The average Bonchev–Trinajstić information content (AvgIpc) is 3.23. The molecule has 1 heterocycles. The average molecular weight is 423 g/mol. The number of hydrogen-bond acceptors (Lipinski definition) is 4. The van der Waals surface area contributed by atoms with Crippen LogP contribution in [0, 0.1) is 5.92 Å². The summed E-state index contributed by atoms with van der Waals surface area (Å²) in [6.07, 6.45) is 0.701. The van der Waals surface area contributed by atoms with Crippen molar-refractivity contribution < 1.29 is 27.2 Å². The van der Waals surface area contributed by atoms with E-state index >= 15 is 0 Å². The monoisotopic (exact) mass is 423 g/mol. The molecule has 9 heteroatoms. The van der Waals surface area contributed by atoms with Gasteiger partial charge in [-0.1, -0.05) is 19.8 Å². The van der Waals surface area contributed by atoms with E-state index in [0.717, 1.165) is 31.7 Å². The van der Waals surface area contributed by atoms with Gasteiger partial charge >= 0.3 is 6.18 Å². The van der Waals surface area contributed by atoms with Crippen LogP contribution in [0.5, 0.6) is 0 Å². The smallest absolute Gasteiger partial charge is 0.418 e. The summed E-state index contributed by atoms with van der Waals surface area (Å²) >= 11 is 0. The molecule has 3 rings (SSSR count). The molecule has 0 spiro atoms. The molecule has 1 aliphatic carbocycles. The minimum Gasteiger partial charge on any atom is -0.459 e. The lowest BCUT2D eigenvalue weighted by Gasteiger charge is -2.29. The molecule has 0 aliphatic heterocycles. The second-order valence-electron chi connectivity index (χ2n) is 7.48. The Kier molecular flexibility index (Phi) is 6.69. The zero-order valence-corrected chi connectivity index (χ0v) is 16.5. The van der Waals surface area contributed by atoms with Crippen LogP contribution in [0.25, 0.3) is 0 Å². The molecule has 1 aliphatic rings. The fourth-order valence-electron chi connectivity index (χ4n) is 3.58. The van der Waals surface area contributed by atoms with Gasteiger partial charge in [0.2, 0.25) is 5.91 Å². The molecule has 30 heavy (non-hydrogen) atoms. The molecule has 1 aromatic heterocycles. The molecule has 6 nitrogen and oxygen atoms in total. The second-order valence-corrected chi connectivity index (χ2v) is 7.48. The molecule has 1 aromatic carbocycles. The molecule has 2 amide bonds. The second kappa shape index (κ2) is 9.23. The third kappa shape index (κ3) is 5.55. The molecule has 0 saturated heterocycles. The first kappa shape index (κ1) is 21.7. The zero-order chi connectivity index (χ0) is 21.7. The van der Waals surface area contributed by atoms with E-state index in [1.54, 1.807) is 0 Å². The molecule has 1 saturated carbocycles. The number of carbonyl (C=O) groups is 2. The van der Waals surface area contributed by atoms with Gasteiger partial charge in [-0.15, -0.1) is 0 Å². The highest BCUT2D eigenvalue weighted by atomic mass is 19.4. The highest BCUT2D eigenvalue weighted by Crippen LogP contribution is 2.36. The normalized spacial score (nSPS) is 19.2. The van der Waals surface area contributed by atoms with Crippen molar-refractivity contribution >= 4 is 23.2 Å². The van der Waals surface area contributed by atoms with Gasteiger partial charge in [0, 0.05) is 17.4 Å². The van der Waals surface area contributed by atoms with Crippen LogP contribution in [0.1, 0.15) is 48.7 Å². The minimum atomic E-state index is -4.66. The van der Waals surface area contributed by atoms with Crippen molar-refractivity contribution in [2.45, 2.75) is 44.8 Å². The largest absolute Gasteiger partial charge is 0.459 e. The van der Waals surface area contributed by atoms with E-state index in [0.29, 0.717) is 5.92 Å². The van der Waals surface area contributed by atoms with E-state index in [4.69, 9.17) is 4.42 Å². The maximum Gasteiger partial charge on any atom is 0.418 e. The lowest BCUT2D eigenvalue weighted by molar-refractivity contribution is -0.137. The number of rotatable bonds is 6. The number of nitrogens with one attached hydrogen (secondary N) is 3. The third-order valence-electron chi connectivity index (χ3n) is 5.23. The molecule has 3 N–H and O–H groups in total. The van der Waals surface area contributed by atoms with E-state index in [1.807, 2.05) is 0 Å². The fraction of sp³-hybridized carbons (Fsp3) is 0.429. The summed E-state index contributed by atoms with van der Waals surface area (Å²) in [5.74, 6) is -0.670. The highest BCUT2D eigenvalue weighted by Gasteiger charge is 2.34. The lowest BCUT2D eigenvalue weighted by Crippen LogP contribution is -2.43. The summed E-state index contributed by atoms with van der Waals surface area (Å²) in [6, 6.07) is 6.31. The SMILES string of the molecule is CC1CCCCC1NC(=O)CNc1ccc(NC(=O)c2ccco2)cc1C(F)(F)F. The van der Waals surface area contributed by atoms with Crippen LogP contribution in [-0.2, 0) is 11.0 Å². The maximum absolute atomic E-state index is 13.5. The number of benzene rings is 1. The van der Waals surface area contributed by atoms with Crippen LogP contribution < -0.4 is 16.0 Å². The van der Waals surface area contributed by atoms with Gasteiger partial charge in [0.1, 0.15) is 0 Å². The summed E-state index contributed by atoms with van der Waals surface area (Å²) < 4.78 is 45.5. The highest BCUT2D eigenvalue weighted by molar-refractivity contribution is 6.02. The van der Waals surface area contributed by atoms with Crippen LogP contribution in [-0.4, -0.2) is 24.4 Å². The molecule has 2 unspecified atom stereocenters. The first-order valence-corrected chi connectivity index (χ1v) is 9.83. The summed E-state index contributed by atoms with van der Waals surface area (Å²) in [6.45, 7) is 1.79. The van der Waals surface area contributed by atoms with E-state index in [9.17, 15) is 22.8 Å². The van der Waals surface area contributed by atoms with Crippen molar-refractivity contribution in [3.63, 3.8) is 0 Å². The third-order valence-corrected chi connectivity index (χ3v) is 5.23. The Bertz CT molecular complexity index is 881. The Hall–Kier alpha value is -2.97. The fourth-order valence-corrected chi connectivity index (χ4v) is 3.58. The summed E-state index contributed by atoms with van der Waals surface area (Å²) in [5, 5.41) is 7.84. The molecular formula is C21H24F3N3O3. The summed E-state index contributed by atoms with van der Waals surface area (Å²) in [5.41, 5.74) is -1.24. The van der Waals surface area contributed by atoms with Crippen LogP contribution in [0.3, 0.4) is 0 Å². The number of carbonyl (C=O) groups excluding carboxylic acids is 2. The van der Waals surface area contributed by atoms with Crippen molar-refractivity contribution in [2.75, 3.05) is 17.2 Å². The van der Waals surface area contributed by atoms with Crippen molar-refractivity contribution in [1.29, 1.82) is 0 Å². The number of halogens is 3. The van der Waals surface area contributed by atoms with Gasteiger partial charge in [0.25, 0.3) is 5.91 Å². The van der Waals surface area contributed by atoms with Crippen LogP contribution >= 0.6 is 0 Å². The van der Waals surface area contributed by atoms with E-state index in [2.05, 4.69) is 22.9 Å². The first-order chi connectivity index (χ1) is 14.2. The maximum atomic E-state index is 13.5. The summed E-state index contributed by atoms with van der Waals surface area (Å²) in [7, 11) is 0. The molecule has 2 aromatic rings. The predicted molar refractivity (Wildman–Crippen MR) is 106 cm³/mol. The number of alkyl halides is 3. The molecule has 162 valence electrons. The first-order valence-electron chi connectivity index (χ1n) is 9.83. The van der Waals surface area contributed by atoms with Gasteiger partial charge in [0.15, 0.2) is 5.76 Å².